The highest BCUT2D eigenvalue weighted by Crippen LogP contribution is 2.27. The number of carbonyl (C=O) groups is 1. The van der Waals surface area contributed by atoms with Gasteiger partial charge in [0.05, 0.1) is 0 Å². The van der Waals surface area contributed by atoms with E-state index in [4.69, 9.17) is 11.6 Å². The highest BCUT2D eigenvalue weighted by Gasteiger charge is 2.26. The van der Waals surface area contributed by atoms with Crippen LogP contribution in [0.2, 0.25) is 5.02 Å². The van der Waals surface area contributed by atoms with Gasteiger partial charge >= 0.3 is 0 Å². The van der Waals surface area contributed by atoms with Gasteiger partial charge in [-0.2, -0.15) is 0 Å². The minimum atomic E-state index is -0.271. The first-order valence-corrected chi connectivity index (χ1v) is 9.88. The van der Waals surface area contributed by atoms with Crippen LogP contribution in [0.1, 0.15) is 43.7 Å². The number of halogens is 2. The van der Waals surface area contributed by atoms with Crippen molar-refractivity contribution in [2.24, 2.45) is 5.92 Å². The molecule has 1 fully saturated rings. The maximum absolute atomic E-state index is 14.0. The van der Waals surface area contributed by atoms with E-state index >= 15 is 0 Å². The van der Waals surface area contributed by atoms with Crippen molar-refractivity contribution in [1.82, 2.24) is 4.90 Å². The van der Waals surface area contributed by atoms with E-state index in [1.165, 1.54) is 6.07 Å². The van der Waals surface area contributed by atoms with Crippen LogP contribution in [0, 0.1) is 11.7 Å². The summed E-state index contributed by atoms with van der Waals surface area (Å²) < 4.78 is 14.0. The van der Waals surface area contributed by atoms with Crippen LogP contribution in [-0.2, 0) is 11.3 Å². The molecule has 1 amide bonds. The molecule has 0 bridgehead atoms. The Labute approximate surface area is 165 Å². The molecule has 2 aromatic carbocycles. The molecule has 5 heteroatoms. The molecule has 1 saturated heterocycles. The number of anilines is 1. The van der Waals surface area contributed by atoms with Crippen molar-refractivity contribution in [2.45, 2.75) is 39.2 Å². The van der Waals surface area contributed by atoms with Crippen molar-refractivity contribution in [1.29, 1.82) is 0 Å². The highest BCUT2D eigenvalue weighted by molar-refractivity contribution is 6.31. The largest absolute Gasteiger partial charge is 0.326 e. The number of para-hydroxylation sites is 1. The summed E-state index contributed by atoms with van der Waals surface area (Å²) >= 11 is 6.13. The molecule has 0 aliphatic carbocycles. The molecule has 0 atom stereocenters. The summed E-state index contributed by atoms with van der Waals surface area (Å²) in [6.07, 6.45) is 1.53. The summed E-state index contributed by atoms with van der Waals surface area (Å²) in [5, 5.41) is 3.56. The predicted molar refractivity (Wildman–Crippen MR) is 109 cm³/mol. The minimum absolute atomic E-state index is 0.0161. The zero-order valence-electron chi connectivity index (χ0n) is 15.8. The minimum Gasteiger partial charge on any atom is -0.326 e. The second-order valence-corrected chi connectivity index (χ2v) is 7.89. The van der Waals surface area contributed by atoms with Gasteiger partial charge in [0.1, 0.15) is 5.82 Å². The molecule has 3 nitrogen and oxygen atoms in total. The fourth-order valence-corrected chi connectivity index (χ4v) is 3.83. The number of carbonyl (C=O) groups excluding carboxylic acids is 1. The summed E-state index contributed by atoms with van der Waals surface area (Å²) in [7, 11) is 0. The van der Waals surface area contributed by atoms with Gasteiger partial charge in [-0.05, 0) is 55.6 Å². The Bertz CT molecular complexity index is 780. The summed E-state index contributed by atoms with van der Waals surface area (Å²) in [5.74, 6) is 0.144. The van der Waals surface area contributed by atoms with Crippen molar-refractivity contribution in [3.05, 3.63) is 64.4 Å². The normalized spacial score (nSPS) is 15.9. The van der Waals surface area contributed by atoms with Crippen LogP contribution < -0.4 is 5.32 Å². The van der Waals surface area contributed by atoms with E-state index in [1.54, 1.807) is 12.1 Å². The number of likely N-dealkylation sites (tertiary alicyclic amines) is 1. The SMILES string of the molecule is CC(C)c1ccccc1NC(=O)C1CCN(Cc2c(F)cccc2Cl)CC1. The standard InChI is InChI=1S/C22H26ClFN2O/c1-15(2)17-6-3-4-9-21(17)25-22(27)16-10-12-26(13-11-16)14-18-19(23)7-5-8-20(18)24/h3-9,15-16H,10-14H2,1-2H3,(H,25,27). The average molecular weight is 389 g/mol. The van der Waals surface area contributed by atoms with Crippen molar-refractivity contribution < 1.29 is 9.18 Å². The van der Waals surface area contributed by atoms with E-state index in [0.29, 0.717) is 23.0 Å². The highest BCUT2D eigenvalue weighted by atomic mass is 35.5. The zero-order chi connectivity index (χ0) is 19.4. The Hall–Kier alpha value is -1.91. The lowest BCUT2D eigenvalue weighted by molar-refractivity contribution is -0.121. The number of hydrogen-bond donors (Lipinski definition) is 1. The second kappa shape index (κ2) is 8.85. The van der Waals surface area contributed by atoms with Gasteiger partial charge in [0.25, 0.3) is 0 Å². The molecule has 1 aliphatic heterocycles. The summed E-state index contributed by atoms with van der Waals surface area (Å²) in [6, 6.07) is 12.7. The van der Waals surface area contributed by atoms with Gasteiger partial charge in [0, 0.05) is 28.7 Å². The van der Waals surface area contributed by atoms with Gasteiger partial charge in [0.2, 0.25) is 5.91 Å². The topological polar surface area (TPSA) is 32.3 Å². The molecule has 0 saturated carbocycles. The Morgan fingerprint density at radius 2 is 1.89 bits per heavy atom. The summed E-state index contributed by atoms with van der Waals surface area (Å²) in [4.78, 5) is 14.9. The first-order valence-electron chi connectivity index (χ1n) is 9.50. The quantitative estimate of drug-likeness (QED) is 0.738. The monoisotopic (exact) mass is 388 g/mol. The molecule has 3 rings (SSSR count). The average Bonchev–Trinajstić information content (AvgIpc) is 2.65. The van der Waals surface area contributed by atoms with Crippen LogP contribution in [0.3, 0.4) is 0 Å². The van der Waals surface area contributed by atoms with E-state index < -0.39 is 0 Å². The Balaban J connectivity index is 1.57. The smallest absolute Gasteiger partial charge is 0.227 e. The number of amides is 1. The van der Waals surface area contributed by atoms with E-state index in [1.807, 2.05) is 18.2 Å². The van der Waals surface area contributed by atoms with E-state index in [-0.39, 0.29) is 17.6 Å². The molecule has 1 heterocycles. The van der Waals surface area contributed by atoms with Crippen molar-refractivity contribution in [3.63, 3.8) is 0 Å². The second-order valence-electron chi connectivity index (χ2n) is 7.48. The summed E-state index contributed by atoms with van der Waals surface area (Å²) in [6.45, 7) is 6.24. The fourth-order valence-electron chi connectivity index (χ4n) is 3.61. The van der Waals surface area contributed by atoms with Gasteiger partial charge in [-0.15, -0.1) is 0 Å². The van der Waals surface area contributed by atoms with Crippen LogP contribution in [0.5, 0.6) is 0 Å². The first kappa shape index (κ1) is 19.8. The maximum atomic E-state index is 14.0. The van der Waals surface area contributed by atoms with Gasteiger partial charge in [-0.3, -0.25) is 9.69 Å². The zero-order valence-corrected chi connectivity index (χ0v) is 16.6. The molecular weight excluding hydrogens is 363 g/mol. The van der Waals surface area contributed by atoms with Crippen LogP contribution >= 0.6 is 11.6 Å². The number of piperidine rings is 1. The maximum Gasteiger partial charge on any atom is 0.227 e. The lowest BCUT2D eigenvalue weighted by Crippen LogP contribution is -2.38. The lowest BCUT2D eigenvalue weighted by Gasteiger charge is -2.31. The molecule has 2 aromatic rings. The van der Waals surface area contributed by atoms with Crippen molar-refractivity contribution in [3.8, 4) is 0 Å². The number of nitrogens with zero attached hydrogens (tertiary/aromatic N) is 1. The van der Waals surface area contributed by atoms with Crippen LogP contribution in [-0.4, -0.2) is 23.9 Å². The Morgan fingerprint density at radius 1 is 1.19 bits per heavy atom. The molecule has 1 aliphatic rings. The van der Waals surface area contributed by atoms with Crippen LogP contribution in [0.4, 0.5) is 10.1 Å². The third-order valence-corrected chi connectivity index (χ3v) is 5.60. The molecule has 0 radical (unpaired) electrons. The van der Waals surface area contributed by atoms with Crippen LogP contribution in [0.15, 0.2) is 42.5 Å². The van der Waals surface area contributed by atoms with Gasteiger partial charge in [-0.1, -0.05) is 49.7 Å². The lowest BCUT2D eigenvalue weighted by atomic mass is 9.94. The van der Waals surface area contributed by atoms with E-state index in [0.717, 1.165) is 37.2 Å². The molecular formula is C22H26ClFN2O. The third kappa shape index (κ3) is 4.88. The number of hydrogen-bond acceptors (Lipinski definition) is 2. The van der Waals surface area contributed by atoms with Crippen LogP contribution in [0.25, 0.3) is 0 Å². The Kier molecular flexibility index (Phi) is 6.51. The first-order chi connectivity index (χ1) is 13.0. The van der Waals surface area contributed by atoms with Crippen molar-refractivity contribution in [2.75, 3.05) is 18.4 Å². The number of benzene rings is 2. The molecule has 1 N–H and O–H groups in total. The van der Waals surface area contributed by atoms with E-state index in [9.17, 15) is 9.18 Å². The predicted octanol–water partition coefficient (Wildman–Crippen LogP) is 5.45. The third-order valence-electron chi connectivity index (χ3n) is 5.24. The molecule has 27 heavy (non-hydrogen) atoms. The molecule has 0 aromatic heterocycles. The van der Waals surface area contributed by atoms with E-state index in [2.05, 4.69) is 30.1 Å². The summed E-state index contributed by atoms with van der Waals surface area (Å²) in [5.41, 5.74) is 2.59. The van der Waals surface area contributed by atoms with Crippen molar-refractivity contribution >= 4 is 23.2 Å². The molecule has 0 unspecified atom stereocenters. The molecule has 144 valence electrons. The van der Waals surface area contributed by atoms with Gasteiger partial charge in [0.15, 0.2) is 0 Å². The Morgan fingerprint density at radius 3 is 2.56 bits per heavy atom. The molecule has 0 spiro atoms. The van der Waals surface area contributed by atoms with Gasteiger partial charge in [-0.25, -0.2) is 4.39 Å². The number of rotatable bonds is 5. The number of nitrogens with one attached hydrogen (secondary N) is 1. The van der Waals surface area contributed by atoms with Gasteiger partial charge < -0.3 is 5.32 Å². The fraction of sp³-hybridized carbons (Fsp3) is 0.409.